The van der Waals surface area contributed by atoms with Gasteiger partial charge in [0.05, 0.1) is 13.7 Å². The number of hydrogen-bond donors (Lipinski definition) is 0. The Hall–Kier alpha value is -1.10. The second-order valence-corrected chi connectivity index (χ2v) is 3.36. The molecular formula is C10H14BrNO3. The van der Waals surface area contributed by atoms with Crippen LogP contribution in [-0.2, 0) is 9.53 Å². The van der Waals surface area contributed by atoms with E-state index >= 15 is 0 Å². The van der Waals surface area contributed by atoms with Crippen LogP contribution in [-0.4, -0.2) is 24.7 Å². The normalized spacial score (nSPS) is 8.53. The Bertz CT molecular complexity index is 287. The molecule has 0 aromatic carbocycles. The fraction of sp³-hybridized carbons (Fsp3) is 0.400. The Morgan fingerprint density at radius 2 is 2.20 bits per heavy atom. The number of esters is 1. The summed E-state index contributed by atoms with van der Waals surface area (Å²) in [5.41, 5.74) is 0. The van der Waals surface area contributed by atoms with Crippen LogP contribution in [0.2, 0.25) is 0 Å². The molecule has 0 saturated heterocycles. The van der Waals surface area contributed by atoms with E-state index in [-0.39, 0.29) is 5.97 Å². The van der Waals surface area contributed by atoms with Crippen LogP contribution in [0.4, 0.5) is 0 Å². The lowest BCUT2D eigenvalue weighted by Crippen LogP contribution is -1.95. The lowest BCUT2D eigenvalue weighted by atomic mass is 10.5. The van der Waals surface area contributed by atoms with Gasteiger partial charge in [-0.3, -0.25) is 4.79 Å². The number of carbonyl (C=O) groups excluding carboxylic acids is 1. The van der Waals surface area contributed by atoms with Gasteiger partial charge >= 0.3 is 5.97 Å². The number of methoxy groups -OCH3 is 1. The highest BCUT2D eigenvalue weighted by molar-refractivity contribution is 9.10. The van der Waals surface area contributed by atoms with Crippen LogP contribution in [0, 0.1) is 0 Å². The van der Waals surface area contributed by atoms with Gasteiger partial charge in [-0.25, -0.2) is 4.98 Å². The molecule has 0 N–H and O–H groups in total. The summed E-state index contributed by atoms with van der Waals surface area (Å²) in [6.45, 7) is 3.65. The quantitative estimate of drug-likeness (QED) is 0.778. The lowest BCUT2D eigenvalue weighted by molar-refractivity contribution is -0.140. The van der Waals surface area contributed by atoms with Crippen LogP contribution in [0.25, 0.3) is 0 Å². The summed E-state index contributed by atoms with van der Waals surface area (Å²) in [7, 11) is 1.59. The van der Waals surface area contributed by atoms with Crippen molar-refractivity contribution in [3.05, 3.63) is 22.8 Å². The molecule has 4 nitrogen and oxygen atoms in total. The van der Waals surface area contributed by atoms with E-state index in [4.69, 9.17) is 4.74 Å². The predicted molar refractivity (Wildman–Crippen MR) is 60.8 cm³/mol. The molecule has 1 rings (SSSR count). The number of rotatable bonds is 2. The van der Waals surface area contributed by atoms with Crippen molar-refractivity contribution in [3.8, 4) is 5.88 Å². The highest BCUT2D eigenvalue weighted by Gasteiger charge is 1.88. The van der Waals surface area contributed by atoms with E-state index in [1.54, 1.807) is 26.3 Å². The molecule has 0 atom stereocenters. The van der Waals surface area contributed by atoms with Gasteiger partial charge in [-0.05, 0) is 28.9 Å². The second-order valence-electron chi connectivity index (χ2n) is 2.44. The zero-order valence-electron chi connectivity index (χ0n) is 8.99. The molecule has 15 heavy (non-hydrogen) atoms. The molecule has 0 fully saturated rings. The van der Waals surface area contributed by atoms with E-state index in [1.165, 1.54) is 6.92 Å². The first-order valence-corrected chi connectivity index (χ1v) is 5.18. The first kappa shape index (κ1) is 13.9. The minimum Gasteiger partial charge on any atom is -0.481 e. The Balaban J connectivity index is 0.000000288. The highest BCUT2D eigenvalue weighted by atomic mass is 79.9. The number of nitrogens with zero attached hydrogens (tertiary/aromatic N) is 1. The maximum absolute atomic E-state index is 9.82. The summed E-state index contributed by atoms with van der Waals surface area (Å²) < 4.78 is 10.2. The summed E-state index contributed by atoms with van der Waals surface area (Å²) in [6, 6.07) is 3.68. The minimum absolute atomic E-state index is 0.211. The number of pyridine rings is 1. The maximum Gasteiger partial charge on any atom is 0.302 e. The van der Waals surface area contributed by atoms with Gasteiger partial charge in [0.2, 0.25) is 5.88 Å². The fourth-order valence-corrected chi connectivity index (χ4v) is 0.921. The van der Waals surface area contributed by atoms with Gasteiger partial charge in [-0.2, -0.15) is 0 Å². The molecule has 84 valence electrons. The largest absolute Gasteiger partial charge is 0.481 e. The molecule has 1 aromatic rings. The summed E-state index contributed by atoms with van der Waals surface area (Å²) in [5, 5.41) is 0. The van der Waals surface area contributed by atoms with Crippen molar-refractivity contribution >= 4 is 21.9 Å². The maximum atomic E-state index is 9.82. The molecule has 1 aromatic heterocycles. The number of halogens is 1. The third-order valence-electron chi connectivity index (χ3n) is 1.26. The van der Waals surface area contributed by atoms with E-state index in [1.807, 2.05) is 6.07 Å². The molecule has 0 amide bonds. The minimum atomic E-state index is -0.211. The molecule has 0 aliphatic heterocycles. The SMILES string of the molecule is CCOC(C)=O.COc1ccc(Br)cn1. The molecule has 0 aliphatic rings. The average Bonchev–Trinajstić information content (AvgIpc) is 2.20. The molecule has 0 bridgehead atoms. The van der Waals surface area contributed by atoms with Gasteiger partial charge in [-0.1, -0.05) is 0 Å². The standard InChI is InChI=1S/C6H6BrNO.C4H8O2/c1-9-6-3-2-5(7)4-8-6;1-3-6-4(2)5/h2-4H,1H3;3H2,1-2H3. The van der Waals surface area contributed by atoms with Crippen LogP contribution >= 0.6 is 15.9 Å². The van der Waals surface area contributed by atoms with Crippen LogP contribution < -0.4 is 4.74 Å². The molecule has 0 saturated carbocycles. The van der Waals surface area contributed by atoms with Crippen LogP contribution in [0.15, 0.2) is 22.8 Å². The Kier molecular flexibility index (Phi) is 7.62. The first-order chi connectivity index (χ1) is 7.10. The number of ether oxygens (including phenoxy) is 2. The third-order valence-corrected chi connectivity index (χ3v) is 1.73. The van der Waals surface area contributed by atoms with Crippen LogP contribution in [0.5, 0.6) is 5.88 Å². The van der Waals surface area contributed by atoms with E-state index in [0.29, 0.717) is 12.5 Å². The van der Waals surface area contributed by atoms with Crippen molar-refractivity contribution in [1.29, 1.82) is 0 Å². The van der Waals surface area contributed by atoms with E-state index in [2.05, 4.69) is 25.7 Å². The van der Waals surface area contributed by atoms with Gasteiger partial charge in [-0.15, -0.1) is 0 Å². The molecule has 0 aliphatic carbocycles. The van der Waals surface area contributed by atoms with Gasteiger partial charge < -0.3 is 9.47 Å². The number of hydrogen-bond acceptors (Lipinski definition) is 4. The molecular weight excluding hydrogens is 262 g/mol. The smallest absolute Gasteiger partial charge is 0.302 e. The third kappa shape index (κ3) is 7.93. The summed E-state index contributed by atoms with van der Waals surface area (Å²) in [4.78, 5) is 13.7. The van der Waals surface area contributed by atoms with Gasteiger partial charge in [0.25, 0.3) is 0 Å². The second kappa shape index (κ2) is 8.23. The summed E-state index contributed by atoms with van der Waals surface area (Å²) in [5.74, 6) is 0.427. The molecule has 1 heterocycles. The van der Waals surface area contributed by atoms with Crippen molar-refractivity contribution in [3.63, 3.8) is 0 Å². The van der Waals surface area contributed by atoms with E-state index < -0.39 is 0 Å². The van der Waals surface area contributed by atoms with Crippen LogP contribution in [0.1, 0.15) is 13.8 Å². The zero-order valence-corrected chi connectivity index (χ0v) is 10.6. The highest BCUT2D eigenvalue weighted by Crippen LogP contribution is 2.10. The number of aromatic nitrogens is 1. The van der Waals surface area contributed by atoms with Crippen molar-refractivity contribution < 1.29 is 14.3 Å². The Labute approximate surface area is 97.7 Å². The van der Waals surface area contributed by atoms with Crippen molar-refractivity contribution in [1.82, 2.24) is 4.98 Å². The summed E-state index contributed by atoms with van der Waals surface area (Å²) in [6.07, 6.45) is 1.69. The first-order valence-electron chi connectivity index (χ1n) is 4.39. The topological polar surface area (TPSA) is 48.4 Å². The number of carbonyl (C=O) groups is 1. The molecule has 0 unspecified atom stereocenters. The Morgan fingerprint density at radius 3 is 2.47 bits per heavy atom. The van der Waals surface area contributed by atoms with Gasteiger partial charge in [0.15, 0.2) is 0 Å². The fourth-order valence-electron chi connectivity index (χ4n) is 0.686. The average molecular weight is 276 g/mol. The van der Waals surface area contributed by atoms with Gasteiger partial charge in [0.1, 0.15) is 0 Å². The van der Waals surface area contributed by atoms with Crippen molar-refractivity contribution in [2.45, 2.75) is 13.8 Å². The van der Waals surface area contributed by atoms with Crippen molar-refractivity contribution in [2.24, 2.45) is 0 Å². The lowest BCUT2D eigenvalue weighted by Gasteiger charge is -1.94. The summed E-state index contributed by atoms with van der Waals surface area (Å²) >= 11 is 3.26. The van der Waals surface area contributed by atoms with Crippen molar-refractivity contribution in [2.75, 3.05) is 13.7 Å². The van der Waals surface area contributed by atoms with E-state index in [9.17, 15) is 4.79 Å². The van der Waals surface area contributed by atoms with Gasteiger partial charge in [0, 0.05) is 23.7 Å². The van der Waals surface area contributed by atoms with Crippen LogP contribution in [0.3, 0.4) is 0 Å². The monoisotopic (exact) mass is 275 g/mol. The zero-order chi connectivity index (χ0) is 11.7. The van der Waals surface area contributed by atoms with E-state index in [0.717, 1.165) is 4.47 Å². The molecule has 5 heteroatoms. The predicted octanol–water partition coefficient (Wildman–Crippen LogP) is 2.42. The molecule has 0 spiro atoms. The molecule has 0 radical (unpaired) electrons. The Morgan fingerprint density at radius 1 is 1.53 bits per heavy atom.